The third kappa shape index (κ3) is 3.51. The zero-order valence-corrected chi connectivity index (χ0v) is 16.8. The molecular formula is C18H25BrN6O. The fourth-order valence-corrected chi connectivity index (χ4v) is 4.00. The standard InChI is InChI=1S/C18H25BrN6O/c1-11-8-9-26-17-15(22-18-20-10-14(19)16(21-11)23-18)12(2)25(24-17)13-6-4-3-5-7-13/h10-11,13H,3-9H2,1-2H3,(H2,20,21,22,23). The van der Waals surface area contributed by atoms with Gasteiger partial charge in [-0.1, -0.05) is 19.3 Å². The highest BCUT2D eigenvalue weighted by Gasteiger charge is 2.24. The number of aromatic nitrogens is 4. The molecule has 1 fully saturated rings. The minimum Gasteiger partial charge on any atom is -0.475 e. The third-order valence-electron chi connectivity index (χ3n) is 5.19. The first-order chi connectivity index (χ1) is 12.6. The molecule has 7 nitrogen and oxygen atoms in total. The number of hydrogen-bond donors (Lipinski definition) is 2. The summed E-state index contributed by atoms with van der Waals surface area (Å²) in [5.74, 6) is 1.98. The minimum atomic E-state index is 0.233. The number of nitrogens with zero attached hydrogens (tertiary/aromatic N) is 4. The molecule has 0 amide bonds. The second-order valence-corrected chi connectivity index (χ2v) is 8.05. The van der Waals surface area contributed by atoms with Crippen molar-refractivity contribution in [3.05, 3.63) is 16.4 Å². The minimum absolute atomic E-state index is 0.233. The molecule has 0 saturated heterocycles. The largest absolute Gasteiger partial charge is 0.475 e. The molecule has 140 valence electrons. The lowest BCUT2D eigenvalue weighted by Crippen LogP contribution is -2.19. The Balaban J connectivity index is 1.72. The van der Waals surface area contributed by atoms with Gasteiger partial charge in [0.25, 0.3) is 5.88 Å². The molecule has 2 bridgehead atoms. The Morgan fingerprint density at radius 3 is 2.85 bits per heavy atom. The number of fused-ring (bicyclic) bond motifs is 3. The van der Waals surface area contributed by atoms with Crippen LogP contribution in [0.5, 0.6) is 5.88 Å². The van der Waals surface area contributed by atoms with Crippen molar-refractivity contribution < 1.29 is 4.74 Å². The number of ether oxygens (including phenoxy) is 1. The summed E-state index contributed by atoms with van der Waals surface area (Å²) in [6.07, 6.45) is 8.86. The van der Waals surface area contributed by atoms with Crippen LogP contribution in [0.1, 0.15) is 57.2 Å². The van der Waals surface area contributed by atoms with E-state index in [4.69, 9.17) is 9.84 Å². The average molecular weight is 421 g/mol. The fraction of sp³-hybridized carbons (Fsp3) is 0.611. The van der Waals surface area contributed by atoms with Gasteiger partial charge in [0.1, 0.15) is 11.5 Å². The summed E-state index contributed by atoms with van der Waals surface area (Å²) in [5.41, 5.74) is 1.96. The molecule has 1 atom stereocenters. The first-order valence-electron chi connectivity index (χ1n) is 9.40. The van der Waals surface area contributed by atoms with Crippen molar-refractivity contribution in [1.82, 2.24) is 19.7 Å². The van der Waals surface area contributed by atoms with E-state index < -0.39 is 0 Å². The van der Waals surface area contributed by atoms with Crippen LogP contribution in [0.3, 0.4) is 0 Å². The SMILES string of the molecule is Cc1c2c(nn1C1CCCCC1)OCCC(C)Nc1nc(ncc1Br)N2. The summed E-state index contributed by atoms with van der Waals surface area (Å²) in [5, 5.41) is 11.5. The first kappa shape index (κ1) is 17.6. The van der Waals surface area contributed by atoms with Gasteiger partial charge >= 0.3 is 0 Å². The predicted octanol–water partition coefficient (Wildman–Crippen LogP) is 4.58. The molecular weight excluding hydrogens is 396 g/mol. The maximum Gasteiger partial charge on any atom is 0.257 e. The van der Waals surface area contributed by atoms with Crippen LogP contribution in [0.2, 0.25) is 0 Å². The number of nitrogens with one attached hydrogen (secondary N) is 2. The van der Waals surface area contributed by atoms with Crippen molar-refractivity contribution >= 4 is 33.4 Å². The Hall–Kier alpha value is -1.83. The smallest absolute Gasteiger partial charge is 0.257 e. The van der Waals surface area contributed by atoms with E-state index in [1.807, 2.05) is 0 Å². The first-order valence-corrected chi connectivity index (χ1v) is 10.2. The average Bonchev–Trinajstić information content (AvgIpc) is 2.93. The molecule has 2 aromatic heterocycles. The van der Waals surface area contributed by atoms with Gasteiger partial charge in [0.15, 0.2) is 0 Å². The fourth-order valence-electron chi connectivity index (χ4n) is 3.70. The summed E-state index contributed by atoms with van der Waals surface area (Å²) in [6, 6.07) is 0.689. The van der Waals surface area contributed by atoms with Crippen LogP contribution < -0.4 is 15.4 Å². The van der Waals surface area contributed by atoms with E-state index in [9.17, 15) is 0 Å². The summed E-state index contributed by atoms with van der Waals surface area (Å²) in [6.45, 7) is 4.82. The summed E-state index contributed by atoms with van der Waals surface area (Å²) in [4.78, 5) is 9.01. The third-order valence-corrected chi connectivity index (χ3v) is 5.77. The maximum absolute atomic E-state index is 6.05. The van der Waals surface area contributed by atoms with Crippen LogP contribution in [0.4, 0.5) is 17.5 Å². The van der Waals surface area contributed by atoms with Crippen LogP contribution in [-0.2, 0) is 0 Å². The lowest BCUT2D eigenvalue weighted by atomic mass is 9.95. The van der Waals surface area contributed by atoms with Crippen molar-refractivity contribution in [2.75, 3.05) is 17.2 Å². The van der Waals surface area contributed by atoms with E-state index in [1.165, 1.54) is 32.1 Å². The molecule has 1 unspecified atom stereocenters. The number of halogens is 1. The molecule has 2 N–H and O–H groups in total. The van der Waals surface area contributed by atoms with Crippen molar-refractivity contribution in [3.63, 3.8) is 0 Å². The number of hydrogen-bond acceptors (Lipinski definition) is 6. The predicted molar refractivity (Wildman–Crippen MR) is 105 cm³/mol. The van der Waals surface area contributed by atoms with Gasteiger partial charge in [0.05, 0.1) is 22.8 Å². The quantitative estimate of drug-likeness (QED) is 0.702. The zero-order valence-electron chi connectivity index (χ0n) is 15.3. The highest BCUT2D eigenvalue weighted by atomic mass is 79.9. The zero-order chi connectivity index (χ0) is 18.1. The molecule has 26 heavy (non-hydrogen) atoms. The molecule has 3 heterocycles. The maximum atomic E-state index is 6.05. The second kappa shape index (κ2) is 7.42. The molecule has 1 aliphatic heterocycles. The molecule has 1 saturated carbocycles. The Morgan fingerprint density at radius 1 is 1.23 bits per heavy atom. The van der Waals surface area contributed by atoms with Crippen LogP contribution in [0.15, 0.2) is 10.7 Å². The highest BCUT2D eigenvalue weighted by molar-refractivity contribution is 9.10. The Labute approximate surface area is 162 Å². The van der Waals surface area contributed by atoms with Gasteiger partial charge < -0.3 is 15.4 Å². The molecule has 0 radical (unpaired) electrons. The van der Waals surface area contributed by atoms with Gasteiger partial charge in [-0.2, -0.15) is 4.98 Å². The van der Waals surface area contributed by atoms with Gasteiger partial charge in [-0.15, -0.1) is 5.10 Å². The van der Waals surface area contributed by atoms with Crippen LogP contribution in [0.25, 0.3) is 0 Å². The Kier molecular flexibility index (Phi) is 5.02. The van der Waals surface area contributed by atoms with Crippen LogP contribution in [0, 0.1) is 6.92 Å². The van der Waals surface area contributed by atoms with E-state index in [0.29, 0.717) is 24.5 Å². The number of rotatable bonds is 1. The van der Waals surface area contributed by atoms with E-state index in [1.54, 1.807) is 6.20 Å². The second-order valence-electron chi connectivity index (χ2n) is 7.20. The molecule has 0 spiro atoms. The van der Waals surface area contributed by atoms with E-state index in [-0.39, 0.29) is 6.04 Å². The Morgan fingerprint density at radius 2 is 2.04 bits per heavy atom. The van der Waals surface area contributed by atoms with Gasteiger partial charge in [0.2, 0.25) is 5.95 Å². The molecule has 1 aliphatic carbocycles. The highest BCUT2D eigenvalue weighted by Crippen LogP contribution is 2.36. The van der Waals surface area contributed by atoms with Gasteiger partial charge in [-0.3, -0.25) is 4.68 Å². The van der Waals surface area contributed by atoms with Crippen molar-refractivity contribution in [1.29, 1.82) is 0 Å². The van der Waals surface area contributed by atoms with Crippen molar-refractivity contribution in [2.24, 2.45) is 0 Å². The van der Waals surface area contributed by atoms with E-state index in [0.717, 1.165) is 28.1 Å². The molecule has 2 aliphatic rings. The Bertz CT molecular complexity index is 786. The van der Waals surface area contributed by atoms with E-state index >= 15 is 0 Å². The van der Waals surface area contributed by atoms with Gasteiger partial charge in [0, 0.05) is 18.7 Å². The monoisotopic (exact) mass is 420 g/mol. The van der Waals surface area contributed by atoms with Crippen LogP contribution >= 0.6 is 15.9 Å². The van der Waals surface area contributed by atoms with Crippen LogP contribution in [-0.4, -0.2) is 32.4 Å². The normalized spacial score (nSPS) is 21.0. The molecule has 8 heteroatoms. The molecule has 2 aromatic rings. The molecule has 0 aromatic carbocycles. The van der Waals surface area contributed by atoms with Gasteiger partial charge in [-0.25, -0.2) is 4.98 Å². The lowest BCUT2D eigenvalue weighted by Gasteiger charge is -2.23. The topological polar surface area (TPSA) is 76.9 Å². The number of anilines is 3. The molecule has 4 rings (SSSR count). The van der Waals surface area contributed by atoms with Crippen molar-refractivity contribution in [2.45, 2.75) is 64.5 Å². The van der Waals surface area contributed by atoms with Gasteiger partial charge in [-0.05, 0) is 42.6 Å². The van der Waals surface area contributed by atoms with Crippen molar-refractivity contribution in [3.8, 4) is 5.88 Å². The summed E-state index contributed by atoms with van der Waals surface area (Å²) >= 11 is 3.52. The lowest BCUT2D eigenvalue weighted by molar-refractivity contribution is 0.276. The summed E-state index contributed by atoms with van der Waals surface area (Å²) in [7, 11) is 0. The summed E-state index contributed by atoms with van der Waals surface area (Å²) < 4.78 is 9.04. The van der Waals surface area contributed by atoms with E-state index in [2.05, 4.69) is 55.1 Å².